The Hall–Kier alpha value is -2.89. The first-order chi connectivity index (χ1) is 12.7. The van der Waals surface area contributed by atoms with Crippen LogP contribution in [0.3, 0.4) is 0 Å². The topological polar surface area (TPSA) is 62.5 Å². The van der Waals surface area contributed by atoms with Gasteiger partial charge < -0.3 is 10.2 Å². The summed E-state index contributed by atoms with van der Waals surface area (Å²) in [4.78, 5) is 23.2. The Morgan fingerprint density at radius 3 is 2.92 bits per heavy atom. The molecule has 0 radical (unpaired) electrons. The molecule has 3 heterocycles. The molecule has 2 aromatic heterocycles. The number of amides is 1. The molecule has 0 spiro atoms. The maximum atomic E-state index is 12.3. The Morgan fingerprint density at radius 1 is 1.27 bits per heavy atom. The summed E-state index contributed by atoms with van der Waals surface area (Å²) in [6.45, 7) is 4.45. The third-order valence-electron chi connectivity index (χ3n) is 4.81. The van der Waals surface area contributed by atoms with Crippen molar-refractivity contribution in [2.24, 2.45) is 0 Å². The van der Waals surface area contributed by atoms with Gasteiger partial charge in [-0.3, -0.25) is 14.2 Å². The monoisotopic (exact) mass is 349 g/mol. The minimum Gasteiger partial charge on any atom is -0.369 e. The molecular weight excluding hydrogens is 326 g/mol. The number of carbonyl (C=O) groups is 1. The second-order valence-corrected chi connectivity index (χ2v) is 6.75. The van der Waals surface area contributed by atoms with Crippen molar-refractivity contribution >= 4 is 17.4 Å². The van der Waals surface area contributed by atoms with E-state index in [1.165, 1.54) is 5.56 Å². The van der Waals surface area contributed by atoms with Crippen LogP contribution < -0.4 is 5.32 Å². The molecule has 1 saturated heterocycles. The Bertz CT molecular complexity index is 927. The highest BCUT2D eigenvalue weighted by Gasteiger charge is 2.18. The first kappa shape index (κ1) is 16.6. The normalized spacial score (nSPS) is 14.1. The number of anilines is 1. The average Bonchev–Trinajstić information content (AvgIpc) is 3.30. The second-order valence-electron chi connectivity index (χ2n) is 6.75. The maximum Gasteiger partial charge on any atom is 0.224 e. The second kappa shape index (κ2) is 7.15. The van der Waals surface area contributed by atoms with E-state index in [2.05, 4.69) is 35.4 Å². The van der Waals surface area contributed by atoms with Crippen molar-refractivity contribution in [1.29, 1.82) is 0 Å². The zero-order chi connectivity index (χ0) is 17.9. The van der Waals surface area contributed by atoms with Gasteiger partial charge in [0.1, 0.15) is 11.5 Å². The van der Waals surface area contributed by atoms with Crippen LogP contribution in [0.5, 0.6) is 0 Å². The lowest BCUT2D eigenvalue weighted by Gasteiger charge is -2.15. The summed E-state index contributed by atoms with van der Waals surface area (Å²) in [5, 5.41) is 3.43. The van der Waals surface area contributed by atoms with E-state index in [1.807, 2.05) is 21.6 Å². The van der Waals surface area contributed by atoms with Crippen LogP contribution in [-0.2, 0) is 4.79 Å². The van der Waals surface area contributed by atoms with Gasteiger partial charge in [0.15, 0.2) is 5.65 Å². The lowest BCUT2D eigenvalue weighted by molar-refractivity contribution is -0.129. The van der Waals surface area contributed by atoms with Crippen LogP contribution >= 0.6 is 0 Å². The summed E-state index contributed by atoms with van der Waals surface area (Å²) in [6.07, 6.45) is 8.13. The molecule has 26 heavy (non-hydrogen) atoms. The Morgan fingerprint density at radius 2 is 2.12 bits per heavy atom. The summed E-state index contributed by atoms with van der Waals surface area (Å²) >= 11 is 0. The standard InChI is InChI=1S/C20H23N5O/c1-15-5-4-6-16(13-15)19-20(25-12-9-21-14-17(25)23-19)22-8-7-18(26)24-10-2-3-11-24/h4-6,9,12-14,22H,2-3,7-8,10-11H2,1H3. The third kappa shape index (κ3) is 3.27. The SMILES string of the molecule is Cc1cccc(-c2nc3cnccn3c2NCCC(=O)N2CCCC2)c1. The van der Waals surface area contributed by atoms with E-state index in [1.54, 1.807) is 12.4 Å². The van der Waals surface area contributed by atoms with Gasteiger partial charge in [0, 0.05) is 44.0 Å². The van der Waals surface area contributed by atoms with E-state index in [-0.39, 0.29) is 5.91 Å². The smallest absolute Gasteiger partial charge is 0.224 e. The number of likely N-dealkylation sites (tertiary alicyclic amines) is 1. The highest BCUT2D eigenvalue weighted by Crippen LogP contribution is 2.29. The van der Waals surface area contributed by atoms with Crippen molar-refractivity contribution in [3.05, 3.63) is 48.4 Å². The number of fused-ring (bicyclic) bond motifs is 1. The van der Waals surface area contributed by atoms with Gasteiger partial charge in [0.2, 0.25) is 5.91 Å². The quantitative estimate of drug-likeness (QED) is 0.769. The molecular formula is C20H23N5O. The summed E-state index contributed by atoms with van der Waals surface area (Å²) in [5.74, 6) is 1.13. The van der Waals surface area contributed by atoms with Gasteiger partial charge in [-0.2, -0.15) is 0 Å². The fraction of sp³-hybridized carbons (Fsp3) is 0.350. The van der Waals surface area contributed by atoms with Crippen LogP contribution in [0.15, 0.2) is 42.9 Å². The number of benzene rings is 1. The summed E-state index contributed by atoms with van der Waals surface area (Å²) in [7, 11) is 0. The van der Waals surface area contributed by atoms with Gasteiger partial charge in [-0.25, -0.2) is 4.98 Å². The van der Waals surface area contributed by atoms with E-state index in [9.17, 15) is 4.79 Å². The summed E-state index contributed by atoms with van der Waals surface area (Å²) < 4.78 is 1.99. The highest BCUT2D eigenvalue weighted by atomic mass is 16.2. The van der Waals surface area contributed by atoms with Crippen molar-refractivity contribution in [2.45, 2.75) is 26.2 Å². The molecule has 0 bridgehead atoms. The lowest BCUT2D eigenvalue weighted by atomic mass is 10.1. The number of nitrogens with one attached hydrogen (secondary N) is 1. The fourth-order valence-electron chi connectivity index (χ4n) is 3.48. The van der Waals surface area contributed by atoms with E-state index in [0.29, 0.717) is 13.0 Å². The lowest BCUT2D eigenvalue weighted by Crippen LogP contribution is -2.29. The molecule has 6 heteroatoms. The molecule has 6 nitrogen and oxygen atoms in total. The Balaban J connectivity index is 1.58. The molecule has 134 valence electrons. The van der Waals surface area contributed by atoms with E-state index >= 15 is 0 Å². The molecule has 1 amide bonds. The number of rotatable bonds is 5. The van der Waals surface area contributed by atoms with Crippen LogP contribution in [0.25, 0.3) is 16.9 Å². The van der Waals surface area contributed by atoms with Crippen molar-refractivity contribution < 1.29 is 4.79 Å². The van der Waals surface area contributed by atoms with Gasteiger partial charge in [-0.05, 0) is 25.8 Å². The third-order valence-corrected chi connectivity index (χ3v) is 4.81. The molecule has 0 atom stereocenters. The predicted molar refractivity (Wildman–Crippen MR) is 102 cm³/mol. The Labute approximate surface area is 152 Å². The Kier molecular flexibility index (Phi) is 4.56. The fourth-order valence-corrected chi connectivity index (χ4v) is 3.48. The van der Waals surface area contributed by atoms with Gasteiger partial charge in [0.05, 0.1) is 6.20 Å². The van der Waals surface area contributed by atoms with Crippen molar-refractivity contribution in [2.75, 3.05) is 25.0 Å². The van der Waals surface area contributed by atoms with Crippen LogP contribution in [0, 0.1) is 6.92 Å². The number of carbonyl (C=O) groups excluding carboxylic acids is 1. The number of imidazole rings is 1. The van der Waals surface area contributed by atoms with Gasteiger partial charge in [-0.15, -0.1) is 0 Å². The molecule has 1 aliphatic rings. The molecule has 1 N–H and O–H groups in total. The molecule has 3 aromatic rings. The van der Waals surface area contributed by atoms with Crippen LogP contribution in [-0.4, -0.2) is 44.8 Å². The average molecular weight is 349 g/mol. The largest absolute Gasteiger partial charge is 0.369 e. The zero-order valence-corrected chi connectivity index (χ0v) is 15.0. The van der Waals surface area contributed by atoms with Gasteiger partial charge in [0.25, 0.3) is 0 Å². The van der Waals surface area contributed by atoms with E-state index in [4.69, 9.17) is 4.98 Å². The van der Waals surface area contributed by atoms with Crippen LogP contribution in [0.4, 0.5) is 5.82 Å². The molecule has 0 aliphatic carbocycles. The molecule has 1 aromatic carbocycles. The molecule has 1 aliphatic heterocycles. The first-order valence-corrected chi connectivity index (χ1v) is 9.13. The summed E-state index contributed by atoms with van der Waals surface area (Å²) in [5.41, 5.74) is 3.92. The van der Waals surface area contributed by atoms with Crippen LogP contribution in [0.2, 0.25) is 0 Å². The highest BCUT2D eigenvalue weighted by molar-refractivity contribution is 5.79. The van der Waals surface area contributed by atoms with Crippen molar-refractivity contribution in [3.8, 4) is 11.3 Å². The number of hydrogen-bond acceptors (Lipinski definition) is 4. The number of aryl methyl sites for hydroxylation is 1. The minimum absolute atomic E-state index is 0.225. The number of hydrogen-bond donors (Lipinski definition) is 1. The zero-order valence-electron chi connectivity index (χ0n) is 15.0. The minimum atomic E-state index is 0.225. The van der Waals surface area contributed by atoms with Crippen molar-refractivity contribution in [1.82, 2.24) is 19.3 Å². The van der Waals surface area contributed by atoms with E-state index < -0.39 is 0 Å². The number of aromatic nitrogens is 3. The predicted octanol–water partition coefficient (Wildman–Crippen LogP) is 3.13. The van der Waals surface area contributed by atoms with Gasteiger partial charge >= 0.3 is 0 Å². The first-order valence-electron chi connectivity index (χ1n) is 9.13. The molecule has 0 unspecified atom stereocenters. The van der Waals surface area contributed by atoms with Crippen LogP contribution in [0.1, 0.15) is 24.8 Å². The van der Waals surface area contributed by atoms with Crippen molar-refractivity contribution in [3.63, 3.8) is 0 Å². The molecule has 1 fully saturated rings. The summed E-state index contributed by atoms with van der Waals surface area (Å²) in [6, 6.07) is 8.29. The van der Waals surface area contributed by atoms with E-state index in [0.717, 1.165) is 48.7 Å². The maximum absolute atomic E-state index is 12.3. The molecule has 0 saturated carbocycles. The number of nitrogens with zero attached hydrogens (tertiary/aromatic N) is 4. The molecule has 4 rings (SSSR count). The van der Waals surface area contributed by atoms with Gasteiger partial charge in [-0.1, -0.05) is 23.8 Å².